The van der Waals surface area contributed by atoms with Crippen molar-refractivity contribution in [1.82, 2.24) is 5.16 Å². The van der Waals surface area contributed by atoms with Gasteiger partial charge in [-0.1, -0.05) is 65.1 Å². The Kier molecular flexibility index (Phi) is 6.83. The Bertz CT molecular complexity index is 1610. The van der Waals surface area contributed by atoms with Gasteiger partial charge >= 0.3 is 12.1 Å². The molecule has 0 saturated heterocycles. The van der Waals surface area contributed by atoms with Gasteiger partial charge in [0.15, 0.2) is 0 Å². The number of ether oxygens (including phenoxy) is 1. The number of aromatic nitrogens is 1. The number of halogens is 1. The largest absolute Gasteiger partial charge is 0.481 e. The standard InChI is InChI=1S/C30H25ClN2O5/c1-18-28(32-29(36)37-19(2)24-5-3-4-6-25(24)31)26(38-33-18)12-8-20-7-9-22-16-23(11-10-21(22)15-20)30(13-14-30)17-27(34)35/h3-7,9-11,15-16,19H,13-14,17H2,1-2H3,(H,32,36)(H,34,35). The average molecular weight is 529 g/mol. The molecule has 38 heavy (non-hydrogen) atoms. The lowest BCUT2D eigenvalue weighted by atomic mass is 9.90. The van der Waals surface area contributed by atoms with Crippen molar-refractivity contribution in [3.8, 4) is 11.8 Å². The first-order valence-electron chi connectivity index (χ1n) is 12.2. The van der Waals surface area contributed by atoms with E-state index in [1.54, 1.807) is 26.0 Å². The number of anilines is 1. The summed E-state index contributed by atoms with van der Waals surface area (Å²) in [7, 11) is 0. The Morgan fingerprint density at radius 2 is 1.87 bits per heavy atom. The molecule has 1 atom stereocenters. The first kappa shape index (κ1) is 25.4. The highest BCUT2D eigenvalue weighted by Crippen LogP contribution is 2.51. The number of carbonyl (C=O) groups excluding carboxylic acids is 1. The zero-order valence-electron chi connectivity index (χ0n) is 20.9. The summed E-state index contributed by atoms with van der Waals surface area (Å²) >= 11 is 6.20. The van der Waals surface area contributed by atoms with E-state index in [4.69, 9.17) is 20.9 Å². The molecule has 1 aliphatic carbocycles. The molecule has 1 amide bonds. The third-order valence-electron chi connectivity index (χ3n) is 6.83. The molecular formula is C30H25ClN2O5. The van der Waals surface area contributed by atoms with Crippen LogP contribution in [0.5, 0.6) is 0 Å². The number of hydrogen-bond acceptors (Lipinski definition) is 5. The van der Waals surface area contributed by atoms with E-state index in [-0.39, 0.29) is 17.6 Å². The summed E-state index contributed by atoms with van der Waals surface area (Å²) in [6.45, 7) is 3.44. The third kappa shape index (κ3) is 5.36. The minimum atomic E-state index is -0.770. The minimum Gasteiger partial charge on any atom is -0.481 e. The van der Waals surface area contributed by atoms with Crippen LogP contribution in [0.4, 0.5) is 10.5 Å². The van der Waals surface area contributed by atoms with Gasteiger partial charge in [0.1, 0.15) is 17.5 Å². The lowest BCUT2D eigenvalue weighted by Gasteiger charge is -2.15. The summed E-state index contributed by atoms with van der Waals surface area (Å²) in [6, 6.07) is 19.1. The van der Waals surface area contributed by atoms with Crippen LogP contribution in [0, 0.1) is 18.8 Å². The van der Waals surface area contributed by atoms with Crippen LogP contribution in [-0.4, -0.2) is 22.3 Å². The number of carboxylic acid groups (broad SMARTS) is 1. The lowest BCUT2D eigenvalue weighted by Crippen LogP contribution is -2.17. The van der Waals surface area contributed by atoms with Gasteiger partial charge in [0.2, 0.25) is 5.76 Å². The van der Waals surface area contributed by atoms with Gasteiger partial charge in [-0.05, 0) is 67.1 Å². The van der Waals surface area contributed by atoms with Gasteiger partial charge < -0.3 is 14.4 Å². The van der Waals surface area contributed by atoms with Crippen molar-refractivity contribution in [2.45, 2.75) is 44.6 Å². The molecule has 2 N–H and O–H groups in total. The van der Waals surface area contributed by atoms with E-state index in [0.29, 0.717) is 22.0 Å². The summed E-state index contributed by atoms with van der Waals surface area (Å²) in [4.78, 5) is 23.8. The molecule has 1 heterocycles. The summed E-state index contributed by atoms with van der Waals surface area (Å²) in [5.74, 6) is 5.45. The van der Waals surface area contributed by atoms with E-state index in [9.17, 15) is 14.7 Å². The highest BCUT2D eigenvalue weighted by molar-refractivity contribution is 6.31. The number of carbonyl (C=O) groups is 2. The number of nitrogens with zero attached hydrogens (tertiary/aromatic N) is 1. The second-order valence-electron chi connectivity index (χ2n) is 9.54. The van der Waals surface area contributed by atoms with E-state index >= 15 is 0 Å². The van der Waals surface area contributed by atoms with E-state index in [0.717, 1.165) is 34.7 Å². The Labute approximate surface area is 224 Å². The summed E-state index contributed by atoms with van der Waals surface area (Å²) in [6.07, 6.45) is 0.711. The quantitative estimate of drug-likeness (QED) is 0.261. The summed E-state index contributed by atoms with van der Waals surface area (Å²) < 4.78 is 10.8. The molecule has 4 aromatic rings. The Morgan fingerprint density at radius 3 is 2.61 bits per heavy atom. The van der Waals surface area contributed by atoms with Gasteiger partial charge in [0, 0.05) is 21.6 Å². The van der Waals surface area contributed by atoms with Crippen LogP contribution >= 0.6 is 11.6 Å². The van der Waals surface area contributed by atoms with Crippen LogP contribution in [0.25, 0.3) is 10.8 Å². The minimum absolute atomic E-state index is 0.154. The molecule has 8 heteroatoms. The van der Waals surface area contributed by atoms with E-state index in [1.165, 1.54) is 0 Å². The van der Waals surface area contributed by atoms with Crippen LogP contribution in [0.1, 0.15) is 60.4 Å². The molecule has 5 rings (SSSR count). The molecule has 1 fully saturated rings. The summed E-state index contributed by atoms with van der Waals surface area (Å²) in [5, 5.41) is 18.4. The Morgan fingerprint density at radius 1 is 1.13 bits per heavy atom. The topological polar surface area (TPSA) is 102 Å². The van der Waals surface area contributed by atoms with Crippen LogP contribution in [0.15, 0.2) is 65.2 Å². The van der Waals surface area contributed by atoms with Crippen LogP contribution in [-0.2, 0) is 14.9 Å². The molecule has 0 radical (unpaired) electrons. The van der Waals surface area contributed by atoms with Gasteiger partial charge in [-0.2, -0.15) is 0 Å². The van der Waals surface area contributed by atoms with Crippen molar-refractivity contribution in [1.29, 1.82) is 0 Å². The number of hydrogen-bond donors (Lipinski definition) is 2. The molecule has 0 aliphatic heterocycles. The van der Waals surface area contributed by atoms with Crippen molar-refractivity contribution in [3.63, 3.8) is 0 Å². The molecule has 0 spiro atoms. The molecule has 0 bridgehead atoms. The molecule has 3 aromatic carbocycles. The smallest absolute Gasteiger partial charge is 0.412 e. The van der Waals surface area contributed by atoms with Gasteiger partial charge in [-0.15, -0.1) is 0 Å². The SMILES string of the molecule is Cc1noc(C#Cc2ccc3cc(C4(CC(=O)O)CC4)ccc3c2)c1NC(=O)OC(C)c1ccccc1Cl. The maximum absolute atomic E-state index is 12.6. The number of benzene rings is 3. The number of nitrogens with one attached hydrogen (secondary N) is 1. The fraction of sp³-hybridized carbons (Fsp3) is 0.233. The third-order valence-corrected chi connectivity index (χ3v) is 7.18. The molecule has 1 aliphatic rings. The molecule has 1 saturated carbocycles. The molecule has 1 aromatic heterocycles. The second kappa shape index (κ2) is 10.2. The van der Waals surface area contributed by atoms with Gasteiger partial charge in [-0.25, -0.2) is 4.79 Å². The Balaban J connectivity index is 1.31. The van der Waals surface area contributed by atoms with Crippen molar-refractivity contribution < 1.29 is 24.0 Å². The Hall–Kier alpha value is -4.28. The first-order chi connectivity index (χ1) is 18.2. The van der Waals surface area contributed by atoms with Crippen LogP contribution in [0.2, 0.25) is 5.02 Å². The maximum Gasteiger partial charge on any atom is 0.412 e. The molecule has 7 nitrogen and oxygen atoms in total. The second-order valence-corrected chi connectivity index (χ2v) is 9.95. The fourth-order valence-electron chi connectivity index (χ4n) is 4.55. The van der Waals surface area contributed by atoms with Crippen LogP contribution in [0.3, 0.4) is 0 Å². The van der Waals surface area contributed by atoms with Crippen molar-refractivity contribution in [2.75, 3.05) is 5.32 Å². The van der Waals surface area contributed by atoms with Crippen molar-refractivity contribution >= 4 is 40.1 Å². The fourth-order valence-corrected chi connectivity index (χ4v) is 4.84. The molecule has 1 unspecified atom stereocenters. The number of rotatable bonds is 6. The van der Waals surface area contributed by atoms with E-state index < -0.39 is 18.2 Å². The number of amides is 1. The normalized spacial score (nSPS) is 14.3. The monoisotopic (exact) mass is 528 g/mol. The number of aliphatic carboxylic acids is 1. The zero-order chi connectivity index (χ0) is 26.9. The number of aryl methyl sites for hydroxylation is 1. The predicted molar refractivity (Wildman–Crippen MR) is 144 cm³/mol. The molecule has 192 valence electrons. The van der Waals surface area contributed by atoms with E-state index in [2.05, 4.69) is 28.4 Å². The lowest BCUT2D eigenvalue weighted by molar-refractivity contribution is -0.137. The summed E-state index contributed by atoms with van der Waals surface area (Å²) in [5.41, 5.74) is 3.09. The number of fused-ring (bicyclic) bond motifs is 1. The molecular weight excluding hydrogens is 504 g/mol. The van der Waals surface area contributed by atoms with Crippen molar-refractivity contribution in [2.24, 2.45) is 0 Å². The predicted octanol–water partition coefficient (Wildman–Crippen LogP) is 7.01. The van der Waals surface area contributed by atoms with E-state index in [1.807, 2.05) is 42.5 Å². The van der Waals surface area contributed by atoms with Crippen molar-refractivity contribution in [3.05, 3.63) is 93.8 Å². The van der Waals surface area contributed by atoms with Gasteiger partial charge in [0.25, 0.3) is 0 Å². The van der Waals surface area contributed by atoms with Gasteiger partial charge in [-0.3, -0.25) is 10.1 Å². The van der Waals surface area contributed by atoms with Crippen LogP contribution < -0.4 is 5.32 Å². The highest BCUT2D eigenvalue weighted by atomic mass is 35.5. The number of carboxylic acids is 1. The zero-order valence-corrected chi connectivity index (χ0v) is 21.6. The van der Waals surface area contributed by atoms with Gasteiger partial charge in [0.05, 0.1) is 6.42 Å². The first-order valence-corrected chi connectivity index (χ1v) is 12.6. The average Bonchev–Trinajstić information content (AvgIpc) is 3.58. The maximum atomic E-state index is 12.6. The highest BCUT2D eigenvalue weighted by Gasteiger charge is 2.45.